The topological polar surface area (TPSA) is 41.6 Å². The molecule has 2 aromatic rings. The third kappa shape index (κ3) is 5.83. The summed E-state index contributed by atoms with van der Waals surface area (Å²) in [4.78, 5) is 14.8. The Morgan fingerprint density at radius 1 is 1.04 bits per heavy atom. The minimum absolute atomic E-state index is 0.0250. The Labute approximate surface area is 168 Å². The molecule has 0 atom stereocenters. The van der Waals surface area contributed by atoms with E-state index in [1.54, 1.807) is 0 Å². The maximum Gasteiger partial charge on any atom is 0.258 e. The summed E-state index contributed by atoms with van der Waals surface area (Å²) in [7, 11) is 0. The van der Waals surface area contributed by atoms with Gasteiger partial charge in [-0.25, -0.2) is 0 Å². The quantitative estimate of drug-likeness (QED) is 0.780. The molecule has 1 heterocycles. The van der Waals surface area contributed by atoms with Crippen LogP contribution in [0.3, 0.4) is 0 Å². The Kier molecular flexibility index (Phi) is 6.74. The van der Waals surface area contributed by atoms with Gasteiger partial charge in [-0.05, 0) is 54.1 Å². The highest BCUT2D eigenvalue weighted by Gasteiger charge is 2.19. The molecule has 1 saturated heterocycles. The van der Waals surface area contributed by atoms with E-state index in [9.17, 15) is 4.79 Å². The molecular formula is C24H32N2O2. The normalized spacial score (nSPS) is 14.8. The van der Waals surface area contributed by atoms with Crippen LogP contribution in [-0.2, 0) is 23.3 Å². The summed E-state index contributed by atoms with van der Waals surface area (Å²) in [5, 5.41) is 2.97. The van der Waals surface area contributed by atoms with Crippen molar-refractivity contribution >= 4 is 5.91 Å². The number of carbonyl (C=O) groups excluding carboxylic acids is 1. The molecule has 0 radical (unpaired) electrons. The maximum atomic E-state index is 12.3. The molecule has 2 aromatic carbocycles. The number of rotatable bonds is 7. The molecule has 0 saturated carbocycles. The molecule has 4 heteroatoms. The van der Waals surface area contributed by atoms with E-state index < -0.39 is 0 Å². The Balaban J connectivity index is 1.50. The largest absolute Gasteiger partial charge is 0.483 e. The first-order chi connectivity index (χ1) is 13.4. The van der Waals surface area contributed by atoms with Crippen molar-refractivity contribution in [3.05, 3.63) is 65.2 Å². The van der Waals surface area contributed by atoms with Gasteiger partial charge in [0.15, 0.2) is 6.61 Å². The van der Waals surface area contributed by atoms with Crippen molar-refractivity contribution in [1.82, 2.24) is 10.2 Å². The van der Waals surface area contributed by atoms with Crippen molar-refractivity contribution in [3.8, 4) is 5.75 Å². The van der Waals surface area contributed by atoms with Gasteiger partial charge in [0.05, 0.1) is 0 Å². The Hall–Kier alpha value is -2.33. The zero-order valence-corrected chi connectivity index (χ0v) is 17.3. The number of hydrogen-bond acceptors (Lipinski definition) is 3. The number of carbonyl (C=O) groups is 1. The highest BCUT2D eigenvalue weighted by Crippen LogP contribution is 2.30. The lowest BCUT2D eigenvalue weighted by Crippen LogP contribution is -2.29. The van der Waals surface area contributed by atoms with Crippen LogP contribution in [0.2, 0.25) is 0 Å². The second-order valence-electron chi connectivity index (χ2n) is 8.61. The zero-order valence-electron chi connectivity index (χ0n) is 17.3. The average molecular weight is 381 g/mol. The molecule has 1 aliphatic rings. The summed E-state index contributed by atoms with van der Waals surface area (Å²) in [5.41, 5.74) is 3.52. The van der Waals surface area contributed by atoms with Gasteiger partial charge in [-0.1, -0.05) is 63.2 Å². The van der Waals surface area contributed by atoms with Crippen LogP contribution in [0.15, 0.2) is 48.5 Å². The fourth-order valence-corrected chi connectivity index (χ4v) is 3.64. The predicted octanol–water partition coefficient (Wildman–Crippen LogP) is 4.28. The van der Waals surface area contributed by atoms with Gasteiger partial charge in [0, 0.05) is 13.1 Å². The van der Waals surface area contributed by atoms with Crippen molar-refractivity contribution in [3.63, 3.8) is 0 Å². The van der Waals surface area contributed by atoms with Crippen molar-refractivity contribution in [2.75, 3.05) is 19.7 Å². The molecule has 0 bridgehead atoms. The molecule has 1 amide bonds. The molecule has 3 rings (SSSR count). The predicted molar refractivity (Wildman–Crippen MR) is 113 cm³/mol. The van der Waals surface area contributed by atoms with Gasteiger partial charge in [0.2, 0.25) is 0 Å². The summed E-state index contributed by atoms with van der Waals surface area (Å²) < 4.78 is 5.81. The van der Waals surface area contributed by atoms with Crippen molar-refractivity contribution in [2.24, 2.45) is 0 Å². The molecule has 0 spiro atoms. The molecule has 0 aromatic heterocycles. The van der Waals surface area contributed by atoms with Crippen LogP contribution in [-0.4, -0.2) is 30.5 Å². The van der Waals surface area contributed by atoms with E-state index in [0.29, 0.717) is 6.54 Å². The fraction of sp³-hybridized carbons (Fsp3) is 0.458. The first-order valence-corrected chi connectivity index (χ1v) is 10.2. The number of amides is 1. The number of hydrogen-bond donors (Lipinski definition) is 1. The minimum atomic E-state index is -0.103. The molecular weight excluding hydrogens is 348 g/mol. The van der Waals surface area contributed by atoms with Crippen molar-refractivity contribution < 1.29 is 9.53 Å². The molecule has 4 nitrogen and oxygen atoms in total. The minimum Gasteiger partial charge on any atom is -0.483 e. The van der Waals surface area contributed by atoms with E-state index in [0.717, 1.165) is 23.4 Å². The third-order valence-corrected chi connectivity index (χ3v) is 5.14. The van der Waals surface area contributed by atoms with Crippen LogP contribution in [0, 0.1) is 0 Å². The molecule has 1 N–H and O–H groups in total. The highest BCUT2D eigenvalue weighted by molar-refractivity contribution is 5.77. The molecule has 0 unspecified atom stereocenters. The highest BCUT2D eigenvalue weighted by atomic mass is 16.5. The lowest BCUT2D eigenvalue weighted by atomic mass is 9.86. The van der Waals surface area contributed by atoms with Gasteiger partial charge in [0.1, 0.15) is 5.75 Å². The second-order valence-corrected chi connectivity index (χ2v) is 8.61. The number of ether oxygens (including phenoxy) is 1. The SMILES string of the molecule is CC(C)(C)c1ccccc1OCC(=O)NCc1cccc(CN2CCCC2)c1. The van der Waals surface area contributed by atoms with E-state index in [4.69, 9.17) is 4.74 Å². The first-order valence-electron chi connectivity index (χ1n) is 10.2. The molecule has 1 aliphatic heterocycles. The summed E-state index contributed by atoms with van der Waals surface area (Å²) in [6, 6.07) is 16.4. The van der Waals surface area contributed by atoms with Crippen LogP contribution >= 0.6 is 0 Å². The van der Waals surface area contributed by atoms with Gasteiger partial charge < -0.3 is 10.1 Å². The van der Waals surface area contributed by atoms with Crippen molar-refractivity contribution in [1.29, 1.82) is 0 Å². The monoisotopic (exact) mass is 380 g/mol. The lowest BCUT2D eigenvalue weighted by Gasteiger charge is -2.22. The summed E-state index contributed by atoms with van der Waals surface area (Å²) in [6.07, 6.45) is 2.60. The van der Waals surface area contributed by atoms with Gasteiger partial charge in [-0.3, -0.25) is 9.69 Å². The number of nitrogens with one attached hydrogen (secondary N) is 1. The number of likely N-dealkylation sites (tertiary alicyclic amines) is 1. The summed E-state index contributed by atoms with van der Waals surface area (Å²) in [6.45, 7) is 10.4. The summed E-state index contributed by atoms with van der Waals surface area (Å²) in [5.74, 6) is 0.673. The second kappa shape index (κ2) is 9.24. The molecule has 1 fully saturated rings. The molecule has 28 heavy (non-hydrogen) atoms. The van der Waals surface area contributed by atoms with Crippen LogP contribution in [0.25, 0.3) is 0 Å². The standard InChI is InChI=1S/C24H32N2O2/c1-24(2,3)21-11-4-5-12-22(21)28-18-23(27)25-16-19-9-8-10-20(15-19)17-26-13-6-7-14-26/h4-5,8-12,15H,6-7,13-14,16-18H2,1-3H3,(H,25,27). The van der Waals surface area contributed by atoms with Crippen LogP contribution in [0.4, 0.5) is 0 Å². The Morgan fingerprint density at radius 2 is 1.75 bits per heavy atom. The van der Waals surface area contributed by atoms with E-state index in [-0.39, 0.29) is 17.9 Å². The zero-order chi connectivity index (χ0) is 20.0. The van der Waals surface area contributed by atoms with E-state index in [2.05, 4.69) is 61.3 Å². The van der Waals surface area contributed by atoms with Gasteiger partial charge >= 0.3 is 0 Å². The van der Waals surface area contributed by atoms with Crippen LogP contribution in [0.1, 0.15) is 50.3 Å². The third-order valence-electron chi connectivity index (χ3n) is 5.14. The lowest BCUT2D eigenvalue weighted by molar-refractivity contribution is -0.123. The van der Waals surface area contributed by atoms with E-state index in [1.165, 1.54) is 31.5 Å². The summed E-state index contributed by atoms with van der Waals surface area (Å²) >= 11 is 0. The number of benzene rings is 2. The van der Waals surface area contributed by atoms with E-state index in [1.807, 2.05) is 18.2 Å². The Morgan fingerprint density at radius 3 is 2.50 bits per heavy atom. The fourth-order valence-electron chi connectivity index (χ4n) is 3.64. The van der Waals surface area contributed by atoms with E-state index >= 15 is 0 Å². The van der Waals surface area contributed by atoms with Crippen LogP contribution in [0.5, 0.6) is 5.75 Å². The smallest absolute Gasteiger partial charge is 0.258 e. The molecule has 150 valence electrons. The molecule has 0 aliphatic carbocycles. The van der Waals surface area contributed by atoms with Gasteiger partial charge in [-0.15, -0.1) is 0 Å². The first kappa shape index (κ1) is 20.4. The van der Waals surface area contributed by atoms with Crippen molar-refractivity contribution in [2.45, 2.75) is 52.1 Å². The van der Waals surface area contributed by atoms with Gasteiger partial charge in [0.25, 0.3) is 5.91 Å². The number of para-hydroxylation sites is 1. The van der Waals surface area contributed by atoms with Crippen LogP contribution < -0.4 is 10.1 Å². The number of nitrogens with zero attached hydrogens (tertiary/aromatic N) is 1. The maximum absolute atomic E-state index is 12.3. The van der Waals surface area contributed by atoms with Gasteiger partial charge in [-0.2, -0.15) is 0 Å². The average Bonchev–Trinajstić information content (AvgIpc) is 3.17. The Bertz CT molecular complexity index is 789.